The minimum Gasteiger partial charge on any atom is -0.353 e. The van der Waals surface area contributed by atoms with Gasteiger partial charge in [0.05, 0.1) is 23.7 Å². The van der Waals surface area contributed by atoms with Gasteiger partial charge >= 0.3 is 0 Å². The lowest BCUT2D eigenvalue weighted by Gasteiger charge is -2.25. The number of hydrogen-bond donors (Lipinski definition) is 2. The van der Waals surface area contributed by atoms with E-state index in [1.807, 2.05) is 18.2 Å². The monoisotopic (exact) mass is 379 g/mol. The van der Waals surface area contributed by atoms with Crippen LogP contribution in [0.15, 0.2) is 53.7 Å². The van der Waals surface area contributed by atoms with Crippen LogP contribution in [0.1, 0.15) is 36.9 Å². The number of aromatic nitrogens is 1. The van der Waals surface area contributed by atoms with Gasteiger partial charge in [-0.1, -0.05) is 24.6 Å². The van der Waals surface area contributed by atoms with Crippen molar-refractivity contribution in [2.24, 2.45) is 16.8 Å². The molecule has 2 bridgehead atoms. The number of nitrogens with zero attached hydrogens (tertiary/aromatic N) is 3. The summed E-state index contributed by atoms with van der Waals surface area (Å²) in [5.74, 6) is 2.38. The van der Waals surface area contributed by atoms with Crippen LogP contribution in [0.2, 0.25) is 0 Å². The summed E-state index contributed by atoms with van der Waals surface area (Å²) in [6, 6.07) is 12.9. The van der Waals surface area contributed by atoms with Gasteiger partial charge < -0.3 is 10.6 Å². The Hall–Kier alpha value is -2.96. The molecule has 2 N–H and O–H groups in total. The number of pyridine rings is 1. The van der Waals surface area contributed by atoms with Gasteiger partial charge in [0.2, 0.25) is 0 Å². The van der Waals surface area contributed by atoms with E-state index in [1.165, 1.54) is 37.8 Å². The lowest BCUT2D eigenvalue weighted by molar-refractivity contribution is -0.384. The summed E-state index contributed by atoms with van der Waals surface area (Å²) in [7, 11) is 0. The third kappa shape index (κ3) is 4.47. The molecule has 1 aromatic carbocycles. The maximum atomic E-state index is 10.8. The minimum absolute atomic E-state index is 0.0985. The zero-order chi connectivity index (χ0) is 19.3. The van der Waals surface area contributed by atoms with Crippen LogP contribution in [0, 0.1) is 22.0 Å². The van der Waals surface area contributed by atoms with Gasteiger partial charge in [0.15, 0.2) is 5.96 Å². The second-order valence-corrected chi connectivity index (χ2v) is 7.69. The molecule has 3 atom stereocenters. The number of fused-ring (bicyclic) bond motifs is 2. The van der Waals surface area contributed by atoms with E-state index in [4.69, 9.17) is 4.99 Å². The van der Waals surface area contributed by atoms with Crippen LogP contribution < -0.4 is 10.6 Å². The van der Waals surface area contributed by atoms with Crippen molar-refractivity contribution in [3.8, 4) is 0 Å². The number of aliphatic imine (C=N–C) groups is 1. The van der Waals surface area contributed by atoms with Crippen molar-refractivity contribution in [3.05, 3.63) is 70.0 Å². The number of nitro groups is 1. The van der Waals surface area contributed by atoms with Gasteiger partial charge in [0, 0.05) is 24.4 Å². The molecule has 0 saturated heterocycles. The topological polar surface area (TPSA) is 92.5 Å². The molecular formula is C21H25N5O2. The molecule has 2 aliphatic carbocycles. The first kappa shape index (κ1) is 18.4. The molecule has 146 valence electrons. The largest absolute Gasteiger partial charge is 0.353 e. The van der Waals surface area contributed by atoms with Crippen LogP contribution in [0.4, 0.5) is 5.69 Å². The molecule has 2 aromatic rings. The average molecular weight is 379 g/mol. The molecule has 0 aliphatic heterocycles. The highest BCUT2D eigenvalue weighted by atomic mass is 16.6. The SMILES string of the molecule is O=[N+]([O-])c1ccc(CN=C(NCc2ccccn2)NC2CC3CCC2C3)cc1. The van der Waals surface area contributed by atoms with Crippen molar-refractivity contribution >= 4 is 11.6 Å². The van der Waals surface area contributed by atoms with Crippen molar-refractivity contribution in [3.63, 3.8) is 0 Å². The first-order chi connectivity index (χ1) is 13.7. The van der Waals surface area contributed by atoms with Gasteiger partial charge in [-0.3, -0.25) is 15.1 Å². The first-order valence-corrected chi connectivity index (χ1v) is 9.85. The van der Waals surface area contributed by atoms with Gasteiger partial charge in [-0.15, -0.1) is 0 Å². The number of nitro benzene ring substituents is 1. The van der Waals surface area contributed by atoms with Crippen molar-refractivity contribution in [2.75, 3.05) is 0 Å². The van der Waals surface area contributed by atoms with E-state index in [2.05, 4.69) is 15.6 Å². The lowest BCUT2D eigenvalue weighted by Crippen LogP contribution is -2.45. The van der Waals surface area contributed by atoms with Gasteiger partial charge in [-0.25, -0.2) is 4.99 Å². The number of guanidine groups is 1. The highest BCUT2D eigenvalue weighted by Gasteiger charge is 2.39. The van der Waals surface area contributed by atoms with Crippen molar-refractivity contribution < 1.29 is 4.92 Å². The molecule has 1 aromatic heterocycles. The van der Waals surface area contributed by atoms with E-state index in [0.717, 1.165) is 29.1 Å². The Morgan fingerprint density at radius 3 is 2.68 bits per heavy atom. The molecule has 7 heteroatoms. The predicted octanol–water partition coefficient (Wildman–Crippen LogP) is 3.41. The maximum Gasteiger partial charge on any atom is 0.269 e. The molecule has 3 unspecified atom stereocenters. The number of benzene rings is 1. The van der Waals surface area contributed by atoms with E-state index in [1.54, 1.807) is 18.3 Å². The summed E-state index contributed by atoms with van der Waals surface area (Å²) in [6.45, 7) is 1.07. The maximum absolute atomic E-state index is 10.8. The average Bonchev–Trinajstić information content (AvgIpc) is 3.34. The molecule has 0 radical (unpaired) electrons. The van der Waals surface area contributed by atoms with Gasteiger partial charge in [0.1, 0.15) is 0 Å². The number of non-ortho nitro benzene ring substituents is 1. The fraction of sp³-hybridized carbons (Fsp3) is 0.429. The summed E-state index contributed by atoms with van der Waals surface area (Å²) in [4.78, 5) is 19.5. The zero-order valence-electron chi connectivity index (χ0n) is 15.8. The number of hydrogen-bond acceptors (Lipinski definition) is 4. The lowest BCUT2D eigenvalue weighted by atomic mass is 9.95. The van der Waals surface area contributed by atoms with E-state index in [-0.39, 0.29) is 10.6 Å². The number of rotatable bonds is 6. The Labute approximate surface area is 164 Å². The Morgan fingerprint density at radius 1 is 1.18 bits per heavy atom. The smallest absolute Gasteiger partial charge is 0.269 e. The molecule has 7 nitrogen and oxygen atoms in total. The van der Waals surface area contributed by atoms with Crippen molar-refractivity contribution in [1.82, 2.24) is 15.6 Å². The van der Waals surface area contributed by atoms with Crippen molar-refractivity contribution in [2.45, 2.75) is 44.8 Å². The molecular weight excluding hydrogens is 354 g/mol. The first-order valence-electron chi connectivity index (χ1n) is 9.85. The Morgan fingerprint density at radius 2 is 2.04 bits per heavy atom. The van der Waals surface area contributed by atoms with Crippen LogP contribution in [0.25, 0.3) is 0 Å². The summed E-state index contributed by atoms with van der Waals surface area (Å²) in [5.41, 5.74) is 2.00. The highest BCUT2D eigenvalue weighted by molar-refractivity contribution is 5.80. The van der Waals surface area contributed by atoms with Crippen LogP contribution in [-0.2, 0) is 13.1 Å². The van der Waals surface area contributed by atoms with Gasteiger partial charge in [-0.05, 0) is 48.8 Å². The Kier molecular flexibility index (Phi) is 5.50. The summed E-state index contributed by atoms with van der Waals surface area (Å²) < 4.78 is 0. The standard InChI is InChI=1S/C21H25N5O2/c27-26(28)19-8-5-15(6-9-19)13-23-21(24-14-18-3-1-2-10-22-18)25-20-12-16-4-7-17(20)11-16/h1-3,5-6,8-10,16-17,20H,4,7,11-14H2,(H2,23,24,25). The third-order valence-electron chi connectivity index (χ3n) is 5.79. The molecule has 2 saturated carbocycles. The molecule has 2 aliphatic rings. The molecule has 2 fully saturated rings. The Bertz CT molecular complexity index is 838. The third-order valence-corrected chi connectivity index (χ3v) is 5.79. The normalized spacial score (nSPS) is 23.6. The van der Waals surface area contributed by atoms with Gasteiger partial charge in [-0.2, -0.15) is 0 Å². The van der Waals surface area contributed by atoms with Crippen LogP contribution in [0.3, 0.4) is 0 Å². The highest BCUT2D eigenvalue weighted by Crippen LogP contribution is 2.44. The molecule has 0 amide bonds. The summed E-state index contributed by atoms with van der Waals surface area (Å²) >= 11 is 0. The van der Waals surface area contributed by atoms with E-state index in [9.17, 15) is 10.1 Å². The fourth-order valence-corrected chi connectivity index (χ4v) is 4.32. The zero-order valence-corrected chi connectivity index (χ0v) is 15.8. The van der Waals surface area contributed by atoms with Crippen LogP contribution in [0.5, 0.6) is 0 Å². The molecule has 0 spiro atoms. The fourth-order valence-electron chi connectivity index (χ4n) is 4.32. The number of nitrogens with one attached hydrogen (secondary N) is 2. The summed E-state index contributed by atoms with van der Waals surface area (Å²) in [5, 5.41) is 17.8. The quantitative estimate of drug-likeness (QED) is 0.347. The second-order valence-electron chi connectivity index (χ2n) is 7.69. The van der Waals surface area contributed by atoms with E-state index < -0.39 is 0 Å². The van der Waals surface area contributed by atoms with Crippen LogP contribution in [-0.4, -0.2) is 21.9 Å². The summed E-state index contributed by atoms with van der Waals surface area (Å²) in [6.07, 6.45) is 6.99. The van der Waals surface area contributed by atoms with Crippen LogP contribution >= 0.6 is 0 Å². The predicted molar refractivity (Wildman–Crippen MR) is 108 cm³/mol. The van der Waals surface area contributed by atoms with E-state index in [0.29, 0.717) is 19.1 Å². The minimum atomic E-state index is -0.385. The van der Waals surface area contributed by atoms with Crippen molar-refractivity contribution in [1.29, 1.82) is 0 Å². The van der Waals surface area contributed by atoms with Gasteiger partial charge in [0.25, 0.3) is 5.69 Å². The van der Waals surface area contributed by atoms with E-state index >= 15 is 0 Å². The molecule has 28 heavy (non-hydrogen) atoms. The Balaban J connectivity index is 1.43. The second kappa shape index (κ2) is 8.37. The molecule has 1 heterocycles. The molecule has 4 rings (SSSR count).